The minimum absolute atomic E-state index is 0.0335. The smallest absolute Gasteiger partial charge is 0.252 e. The van der Waals surface area contributed by atoms with E-state index >= 15 is 0 Å². The number of rotatable bonds is 9. The maximum Gasteiger partial charge on any atom is 0.252 e. The Balaban J connectivity index is 0.701. The van der Waals surface area contributed by atoms with Crippen LogP contribution < -0.4 is 52.4 Å². The van der Waals surface area contributed by atoms with Gasteiger partial charge < -0.3 is 28.7 Å². The Morgan fingerprint density at radius 2 is 0.548 bits per heavy atom. The molecule has 2 aromatic heterocycles. The Labute approximate surface area is 603 Å². The maximum atomic E-state index is 2.54. The molecule has 0 saturated heterocycles. The van der Waals surface area contributed by atoms with E-state index in [0.29, 0.717) is 0 Å². The Kier molecular flexibility index (Phi) is 12.9. The molecular weight excluding hydrogens is 1260 g/mol. The van der Waals surface area contributed by atoms with Crippen molar-refractivity contribution in [2.75, 3.05) is 19.6 Å². The molecule has 0 bridgehead atoms. The van der Waals surface area contributed by atoms with Crippen molar-refractivity contribution in [2.24, 2.45) is 0 Å². The standard InChI is InChI=1S/C96H62B2N6/c1-5-26-67(27-6-1)101-85-45-22-17-40-79(85)98-94-74(38-24-47-88(94)104(70-32-11-4-12-33-70)90-49-25-48-89(101)95(90)98)64-52-57-72(58-53-64)100-83-43-20-15-36-77(83)93-73(37-23-46-87(93)100)66-61-91-96-92(62-66)103(69-30-9-3-10-31-69)86-59-54-65(60-80(86)97(96)78-39-16-21-44-84(78)102(91)68-28-7-2-8-29-68)63-50-55-71(56-51-63)99-81-41-18-13-34-75(81)76-35-14-19-42-82(76)99/h1-62H. The van der Waals surface area contributed by atoms with Crippen molar-refractivity contribution >= 4 is 158 Å². The SMILES string of the molecule is c1ccc(N2c3ccccc3B3c4cc(-c5ccc(-n6c7ccccc7c7ccccc76)cc5)ccc4N(c4ccccc4)c4cc(-c5cccc6c5c5ccccc5n6-c5ccc(-c6cccc7c6B6c8ccccc8N(c8ccccc8)c8cccc(c86)N7c6ccccc6)cc5)cc2c43)cc1. The Morgan fingerprint density at radius 3 is 1.11 bits per heavy atom. The predicted molar refractivity (Wildman–Crippen MR) is 439 cm³/mol. The summed E-state index contributed by atoms with van der Waals surface area (Å²) in [5.74, 6) is 0. The summed E-state index contributed by atoms with van der Waals surface area (Å²) in [5.41, 5.74) is 35.7. The molecule has 0 saturated carbocycles. The normalized spacial score (nSPS) is 13.1. The number of aromatic nitrogens is 2. The summed E-state index contributed by atoms with van der Waals surface area (Å²) >= 11 is 0. The fraction of sp³-hybridized carbons (Fsp3) is 0. The lowest BCUT2D eigenvalue weighted by atomic mass is 9.32. The molecule has 18 aromatic rings. The Morgan fingerprint density at radius 1 is 0.183 bits per heavy atom. The van der Waals surface area contributed by atoms with E-state index in [-0.39, 0.29) is 13.4 Å². The summed E-state index contributed by atoms with van der Waals surface area (Å²) in [7, 11) is 0. The van der Waals surface area contributed by atoms with Crippen LogP contribution in [0.15, 0.2) is 376 Å². The van der Waals surface area contributed by atoms with Gasteiger partial charge in [-0.2, -0.15) is 0 Å². The van der Waals surface area contributed by atoms with E-state index in [0.717, 1.165) is 62.1 Å². The summed E-state index contributed by atoms with van der Waals surface area (Å²) < 4.78 is 4.89. The van der Waals surface area contributed by atoms with Crippen LogP contribution in [0.25, 0.3) is 88.4 Å². The third kappa shape index (κ3) is 8.60. The van der Waals surface area contributed by atoms with Crippen molar-refractivity contribution in [3.05, 3.63) is 376 Å². The van der Waals surface area contributed by atoms with Crippen LogP contribution in [0, 0.1) is 0 Å². The van der Waals surface area contributed by atoms with Crippen LogP contribution in [-0.2, 0) is 0 Å². The molecule has 0 unspecified atom stereocenters. The van der Waals surface area contributed by atoms with Gasteiger partial charge in [0, 0.05) is 101 Å². The highest BCUT2D eigenvalue weighted by molar-refractivity contribution is 7.01. The molecule has 6 heterocycles. The average molecular weight is 1320 g/mol. The van der Waals surface area contributed by atoms with Crippen LogP contribution in [0.1, 0.15) is 0 Å². The van der Waals surface area contributed by atoms with Gasteiger partial charge >= 0.3 is 0 Å². The number of hydrogen-bond acceptors (Lipinski definition) is 4. The van der Waals surface area contributed by atoms with Gasteiger partial charge in [-0.1, -0.05) is 231 Å². The monoisotopic (exact) mass is 1320 g/mol. The van der Waals surface area contributed by atoms with Crippen LogP contribution in [0.5, 0.6) is 0 Å². The zero-order chi connectivity index (χ0) is 68.1. The highest BCUT2D eigenvalue weighted by Crippen LogP contribution is 2.50. The molecule has 0 aliphatic carbocycles. The number of para-hydroxylation sites is 9. The molecule has 0 spiro atoms. The molecule has 482 valence electrons. The van der Waals surface area contributed by atoms with Crippen molar-refractivity contribution in [2.45, 2.75) is 0 Å². The number of benzene rings is 16. The third-order valence-corrected chi connectivity index (χ3v) is 22.4. The van der Waals surface area contributed by atoms with Gasteiger partial charge in [0.05, 0.1) is 22.1 Å². The van der Waals surface area contributed by atoms with Crippen molar-refractivity contribution in [3.8, 4) is 44.8 Å². The predicted octanol–water partition coefficient (Wildman–Crippen LogP) is 21.0. The summed E-state index contributed by atoms with van der Waals surface area (Å²) in [5, 5.41) is 4.93. The van der Waals surface area contributed by atoms with Crippen molar-refractivity contribution < 1.29 is 0 Å². The van der Waals surface area contributed by atoms with E-state index in [1.807, 2.05) is 0 Å². The van der Waals surface area contributed by atoms with E-state index in [1.54, 1.807) is 0 Å². The van der Waals surface area contributed by atoms with Gasteiger partial charge in [-0.25, -0.2) is 0 Å². The van der Waals surface area contributed by atoms with Crippen LogP contribution in [0.3, 0.4) is 0 Å². The number of nitrogens with zero attached hydrogens (tertiary/aromatic N) is 6. The highest BCUT2D eigenvalue weighted by Gasteiger charge is 2.46. The topological polar surface area (TPSA) is 22.8 Å². The second-order valence-corrected chi connectivity index (χ2v) is 27.8. The first-order valence-corrected chi connectivity index (χ1v) is 36.1. The fourth-order valence-corrected chi connectivity index (χ4v) is 18.2. The zero-order valence-corrected chi connectivity index (χ0v) is 56.6. The van der Waals surface area contributed by atoms with Crippen LogP contribution in [0.2, 0.25) is 0 Å². The molecule has 8 heteroatoms. The lowest BCUT2D eigenvalue weighted by Crippen LogP contribution is -2.61. The molecule has 6 nitrogen and oxygen atoms in total. The first-order valence-electron chi connectivity index (χ1n) is 36.1. The molecular formula is C96H62B2N6. The molecule has 0 radical (unpaired) electrons. The minimum Gasteiger partial charge on any atom is -0.311 e. The fourth-order valence-electron chi connectivity index (χ4n) is 18.2. The van der Waals surface area contributed by atoms with E-state index in [2.05, 4.69) is 405 Å². The molecule has 0 fully saturated rings. The first-order chi connectivity index (χ1) is 51.7. The molecule has 0 amide bonds. The van der Waals surface area contributed by atoms with E-state index in [4.69, 9.17) is 0 Å². The quantitative estimate of drug-likeness (QED) is 0.134. The van der Waals surface area contributed by atoms with Crippen LogP contribution in [0.4, 0.5) is 68.2 Å². The lowest BCUT2D eigenvalue weighted by molar-refractivity contribution is 1.18. The van der Waals surface area contributed by atoms with E-state index < -0.39 is 0 Å². The molecule has 104 heavy (non-hydrogen) atoms. The number of hydrogen-bond donors (Lipinski definition) is 0. The van der Waals surface area contributed by atoms with Gasteiger partial charge in [-0.3, -0.25) is 0 Å². The highest BCUT2D eigenvalue weighted by atomic mass is 15.2. The van der Waals surface area contributed by atoms with Crippen molar-refractivity contribution in [1.82, 2.24) is 9.13 Å². The second-order valence-electron chi connectivity index (χ2n) is 27.8. The van der Waals surface area contributed by atoms with Gasteiger partial charge in [0.2, 0.25) is 0 Å². The van der Waals surface area contributed by atoms with Crippen LogP contribution >= 0.6 is 0 Å². The second kappa shape index (κ2) is 23.0. The lowest BCUT2D eigenvalue weighted by Gasteiger charge is -2.44. The summed E-state index contributed by atoms with van der Waals surface area (Å²) in [4.78, 5) is 10.0. The van der Waals surface area contributed by atoms with Crippen molar-refractivity contribution in [1.29, 1.82) is 0 Å². The number of fused-ring (bicyclic) bond motifs is 14. The minimum atomic E-state index is -0.0846. The first kappa shape index (κ1) is 58.3. The van der Waals surface area contributed by atoms with E-state index in [9.17, 15) is 0 Å². The largest absolute Gasteiger partial charge is 0.311 e. The molecule has 16 aromatic carbocycles. The Hall–Kier alpha value is -13.6. The van der Waals surface area contributed by atoms with Gasteiger partial charge in [-0.15, -0.1) is 0 Å². The average Bonchev–Trinajstić information content (AvgIpc) is 0.720. The van der Waals surface area contributed by atoms with Gasteiger partial charge in [-0.05, 0) is 212 Å². The van der Waals surface area contributed by atoms with E-state index in [1.165, 1.54) is 127 Å². The Bertz CT molecular complexity index is 6430. The zero-order valence-electron chi connectivity index (χ0n) is 56.6. The molecule has 4 aliphatic rings. The summed E-state index contributed by atoms with van der Waals surface area (Å²) in [6.45, 7) is -0.118. The molecule has 22 rings (SSSR count). The molecule has 0 atom stereocenters. The van der Waals surface area contributed by atoms with Gasteiger partial charge in [0.1, 0.15) is 0 Å². The van der Waals surface area contributed by atoms with Gasteiger partial charge in [0.15, 0.2) is 0 Å². The van der Waals surface area contributed by atoms with Gasteiger partial charge in [0.25, 0.3) is 13.4 Å². The summed E-state index contributed by atoms with van der Waals surface area (Å²) in [6.07, 6.45) is 0. The maximum absolute atomic E-state index is 2.54. The molecule has 4 aliphatic heterocycles. The van der Waals surface area contributed by atoms with Crippen LogP contribution in [-0.4, -0.2) is 22.6 Å². The third-order valence-electron chi connectivity index (χ3n) is 22.4. The van der Waals surface area contributed by atoms with Crippen molar-refractivity contribution in [3.63, 3.8) is 0 Å². The molecule has 0 N–H and O–H groups in total. The summed E-state index contributed by atoms with van der Waals surface area (Å²) in [6, 6.07) is 140. The number of anilines is 12.